The fourth-order valence-electron chi connectivity index (χ4n) is 2.85. The van der Waals surface area contributed by atoms with Gasteiger partial charge in [-0.3, -0.25) is 19.3 Å². The molecule has 0 radical (unpaired) electrons. The first-order valence-electron chi connectivity index (χ1n) is 6.79. The second-order valence-corrected chi connectivity index (χ2v) is 5.17. The maximum Gasteiger partial charge on any atom is 0.326 e. The average Bonchev–Trinajstić information content (AvgIpc) is 2.72. The lowest BCUT2D eigenvalue weighted by molar-refractivity contribution is -0.156. The summed E-state index contributed by atoms with van der Waals surface area (Å²) in [4.78, 5) is 48.0. The minimum Gasteiger partial charge on any atom is -0.480 e. The Balaban J connectivity index is 2.17. The number of esters is 1. The van der Waals surface area contributed by atoms with Crippen LogP contribution in [0.25, 0.3) is 0 Å². The van der Waals surface area contributed by atoms with Crippen molar-refractivity contribution in [3.8, 4) is 0 Å². The molecule has 1 saturated heterocycles. The van der Waals surface area contributed by atoms with Crippen LogP contribution in [0.15, 0.2) is 12.2 Å². The van der Waals surface area contributed by atoms with Gasteiger partial charge in [0.25, 0.3) is 0 Å². The van der Waals surface area contributed by atoms with Crippen molar-refractivity contribution in [1.82, 2.24) is 4.90 Å². The fourth-order valence-corrected chi connectivity index (χ4v) is 2.85. The molecule has 1 fully saturated rings. The highest BCUT2D eigenvalue weighted by Crippen LogP contribution is 2.36. The third kappa shape index (κ3) is 2.81. The maximum atomic E-state index is 12.3. The molecule has 1 N–H and O–H groups in total. The normalized spacial score (nSPS) is 25.7. The fraction of sp³-hybridized carbons (Fsp3) is 0.571. The molecule has 0 spiro atoms. The zero-order chi connectivity index (χ0) is 15.6. The number of amides is 2. The lowest BCUT2D eigenvalue weighted by atomic mass is 9.85. The van der Waals surface area contributed by atoms with Crippen molar-refractivity contribution >= 4 is 23.8 Å². The van der Waals surface area contributed by atoms with Gasteiger partial charge in [-0.15, -0.1) is 0 Å². The van der Waals surface area contributed by atoms with Crippen LogP contribution in [0.5, 0.6) is 0 Å². The van der Waals surface area contributed by atoms with E-state index in [2.05, 4.69) is 4.74 Å². The van der Waals surface area contributed by atoms with E-state index in [1.165, 1.54) is 7.11 Å². The van der Waals surface area contributed by atoms with Gasteiger partial charge >= 0.3 is 11.9 Å². The smallest absolute Gasteiger partial charge is 0.326 e. The highest BCUT2D eigenvalue weighted by Gasteiger charge is 2.51. The number of carbonyl (C=O) groups excluding carboxylic acids is 3. The van der Waals surface area contributed by atoms with Gasteiger partial charge < -0.3 is 9.84 Å². The van der Waals surface area contributed by atoms with Crippen LogP contribution >= 0.6 is 0 Å². The number of carboxylic acid groups (broad SMARTS) is 1. The van der Waals surface area contributed by atoms with Gasteiger partial charge in [0.2, 0.25) is 11.8 Å². The summed E-state index contributed by atoms with van der Waals surface area (Å²) in [6.45, 7) is 0. The number of hydrogen-bond donors (Lipinski definition) is 1. The van der Waals surface area contributed by atoms with E-state index in [1.807, 2.05) is 12.2 Å². The molecule has 21 heavy (non-hydrogen) atoms. The van der Waals surface area contributed by atoms with Crippen molar-refractivity contribution < 1.29 is 29.0 Å². The molecular weight excluding hydrogens is 278 g/mol. The minimum atomic E-state index is -1.31. The number of fused-ring (bicyclic) bond motifs is 1. The van der Waals surface area contributed by atoms with Gasteiger partial charge in [-0.25, -0.2) is 4.79 Å². The van der Waals surface area contributed by atoms with Gasteiger partial charge in [0.1, 0.15) is 6.04 Å². The molecule has 0 aromatic carbocycles. The highest BCUT2D eigenvalue weighted by molar-refractivity contribution is 6.08. The molecule has 2 rings (SSSR count). The van der Waals surface area contributed by atoms with Crippen molar-refractivity contribution in [1.29, 1.82) is 0 Å². The lowest BCUT2D eigenvalue weighted by Crippen LogP contribution is -2.45. The van der Waals surface area contributed by atoms with Crippen molar-refractivity contribution in [3.05, 3.63) is 12.2 Å². The molecule has 7 heteroatoms. The second kappa shape index (κ2) is 6.07. The largest absolute Gasteiger partial charge is 0.480 e. The Bertz CT molecular complexity index is 486. The van der Waals surface area contributed by atoms with E-state index in [4.69, 9.17) is 0 Å². The summed E-state index contributed by atoms with van der Waals surface area (Å²) >= 11 is 0. The third-order valence-electron chi connectivity index (χ3n) is 3.99. The molecule has 1 aliphatic carbocycles. The van der Waals surface area contributed by atoms with Crippen molar-refractivity contribution in [2.45, 2.75) is 31.7 Å². The van der Waals surface area contributed by atoms with E-state index < -0.39 is 41.6 Å². The molecule has 1 heterocycles. The monoisotopic (exact) mass is 295 g/mol. The first-order chi connectivity index (χ1) is 9.97. The molecule has 0 bridgehead atoms. The highest BCUT2D eigenvalue weighted by atomic mass is 16.5. The van der Waals surface area contributed by atoms with Crippen LogP contribution in [0.3, 0.4) is 0 Å². The first-order valence-corrected chi connectivity index (χ1v) is 6.79. The first kappa shape index (κ1) is 15.2. The quantitative estimate of drug-likeness (QED) is 0.446. The van der Waals surface area contributed by atoms with Gasteiger partial charge in [-0.1, -0.05) is 12.2 Å². The number of nitrogens with zero attached hydrogens (tertiary/aromatic N) is 1. The summed E-state index contributed by atoms with van der Waals surface area (Å²) in [6, 6.07) is -1.31. The summed E-state index contributed by atoms with van der Waals surface area (Å²) in [5.41, 5.74) is 0. The van der Waals surface area contributed by atoms with Gasteiger partial charge in [0.15, 0.2) is 0 Å². The summed E-state index contributed by atoms with van der Waals surface area (Å²) in [6.07, 6.45) is 4.29. The molecule has 1 aliphatic heterocycles. The van der Waals surface area contributed by atoms with Crippen LogP contribution in [-0.4, -0.2) is 46.9 Å². The Morgan fingerprint density at radius 1 is 1.29 bits per heavy atom. The van der Waals surface area contributed by atoms with E-state index in [-0.39, 0.29) is 12.8 Å². The standard InChI is InChI=1S/C14H17NO6/c1-21-11(16)7-6-10(14(19)20)15-12(17)8-4-2-3-5-9(8)13(15)18/h2-3,8-10H,4-7H2,1H3,(H,19,20)/t8-,9+,10?. The summed E-state index contributed by atoms with van der Waals surface area (Å²) in [7, 11) is 1.20. The summed E-state index contributed by atoms with van der Waals surface area (Å²) < 4.78 is 4.46. The van der Waals surface area contributed by atoms with Gasteiger partial charge in [-0.05, 0) is 19.3 Å². The molecule has 114 valence electrons. The van der Waals surface area contributed by atoms with Crippen LogP contribution in [0.4, 0.5) is 0 Å². The van der Waals surface area contributed by atoms with Crippen LogP contribution in [0.2, 0.25) is 0 Å². The van der Waals surface area contributed by atoms with Crippen LogP contribution in [-0.2, 0) is 23.9 Å². The van der Waals surface area contributed by atoms with E-state index in [0.29, 0.717) is 12.8 Å². The van der Waals surface area contributed by atoms with Crippen LogP contribution < -0.4 is 0 Å². The number of methoxy groups -OCH3 is 1. The Morgan fingerprint density at radius 2 is 1.81 bits per heavy atom. The van der Waals surface area contributed by atoms with E-state index in [1.54, 1.807) is 0 Å². The van der Waals surface area contributed by atoms with Crippen molar-refractivity contribution in [2.24, 2.45) is 11.8 Å². The van der Waals surface area contributed by atoms with Gasteiger partial charge in [0, 0.05) is 6.42 Å². The van der Waals surface area contributed by atoms with E-state index >= 15 is 0 Å². The molecule has 0 aromatic heterocycles. The number of carboxylic acids is 1. The number of carbonyl (C=O) groups is 4. The predicted octanol–water partition coefficient (Wildman–Crippen LogP) is 0.344. The number of ether oxygens (including phenoxy) is 1. The zero-order valence-electron chi connectivity index (χ0n) is 11.7. The number of allylic oxidation sites excluding steroid dienone is 2. The summed E-state index contributed by atoms with van der Waals surface area (Å²) in [5, 5.41) is 9.27. The van der Waals surface area contributed by atoms with Crippen molar-refractivity contribution in [2.75, 3.05) is 7.11 Å². The van der Waals surface area contributed by atoms with E-state index in [9.17, 15) is 24.3 Å². The maximum absolute atomic E-state index is 12.3. The van der Waals surface area contributed by atoms with Crippen LogP contribution in [0.1, 0.15) is 25.7 Å². The molecule has 2 amide bonds. The number of aliphatic carboxylic acids is 1. The Hall–Kier alpha value is -2.18. The lowest BCUT2D eigenvalue weighted by Gasteiger charge is -2.22. The van der Waals surface area contributed by atoms with Crippen molar-refractivity contribution in [3.63, 3.8) is 0 Å². The molecular formula is C14H17NO6. The Morgan fingerprint density at radius 3 is 2.24 bits per heavy atom. The Kier molecular flexibility index (Phi) is 4.40. The molecule has 2 aliphatic rings. The second-order valence-electron chi connectivity index (χ2n) is 5.17. The number of rotatable bonds is 5. The molecule has 0 aromatic rings. The number of likely N-dealkylation sites (tertiary alicyclic amines) is 1. The third-order valence-corrected chi connectivity index (χ3v) is 3.99. The van der Waals surface area contributed by atoms with Gasteiger partial charge in [0.05, 0.1) is 18.9 Å². The molecule has 0 saturated carbocycles. The zero-order valence-corrected chi connectivity index (χ0v) is 11.7. The molecule has 1 unspecified atom stereocenters. The summed E-state index contributed by atoms with van der Waals surface area (Å²) in [5.74, 6) is -3.70. The SMILES string of the molecule is COC(=O)CCC(C(=O)O)N1C(=O)[C@H]2CC=CC[C@H]2C1=O. The topological polar surface area (TPSA) is 101 Å². The molecule has 3 atom stereocenters. The van der Waals surface area contributed by atoms with Crippen LogP contribution in [0, 0.1) is 11.8 Å². The predicted molar refractivity (Wildman–Crippen MR) is 69.9 cm³/mol. The average molecular weight is 295 g/mol. The van der Waals surface area contributed by atoms with E-state index in [0.717, 1.165) is 4.90 Å². The molecule has 7 nitrogen and oxygen atoms in total. The van der Waals surface area contributed by atoms with Gasteiger partial charge in [-0.2, -0.15) is 0 Å². The number of imide groups is 1. The minimum absolute atomic E-state index is 0.133. The Labute approximate surface area is 121 Å². The number of hydrogen-bond acceptors (Lipinski definition) is 5.